The van der Waals surface area contributed by atoms with Gasteiger partial charge in [-0.2, -0.15) is 13.2 Å². The Morgan fingerprint density at radius 1 is 1.41 bits per heavy atom. The summed E-state index contributed by atoms with van der Waals surface area (Å²) in [6, 6.07) is 5.13. The number of ether oxygens (including phenoxy) is 1. The Balaban J connectivity index is 2.76. The van der Waals surface area contributed by atoms with Crippen LogP contribution in [-0.2, 0) is 0 Å². The van der Waals surface area contributed by atoms with Crippen LogP contribution in [0.2, 0.25) is 0 Å². The van der Waals surface area contributed by atoms with E-state index < -0.39 is 12.8 Å². The van der Waals surface area contributed by atoms with Crippen LogP contribution in [-0.4, -0.2) is 19.8 Å². The highest BCUT2D eigenvalue weighted by Crippen LogP contribution is 2.29. The molecule has 1 unspecified atom stereocenters. The Bertz CT molecular complexity index is 381. The van der Waals surface area contributed by atoms with Crippen LogP contribution in [0.15, 0.2) is 22.7 Å². The van der Waals surface area contributed by atoms with E-state index in [9.17, 15) is 13.2 Å². The highest BCUT2D eigenvalue weighted by atomic mass is 79.9. The van der Waals surface area contributed by atoms with Crippen LogP contribution in [0, 0.1) is 0 Å². The summed E-state index contributed by atoms with van der Waals surface area (Å²) in [5, 5.41) is 3.04. The average molecular weight is 312 g/mol. The van der Waals surface area contributed by atoms with Crippen molar-refractivity contribution in [3.05, 3.63) is 28.2 Å². The molecule has 0 aliphatic heterocycles. The Labute approximate surface area is 106 Å². The van der Waals surface area contributed by atoms with Gasteiger partial charge in [0.1, 0.15) is 5.75 Å². The number of hydrogen-bond donors (Lipinski definition) is 1. The van der Waals surface area contributed by atoms with E-state index >= 15 is 0 Å². The van der Waals surface area contributed by atoms with Crippen molar-refractivity contribution in [3.8, 4) is 5.75 Å². The highest BCUT2D eigenvalue weighted by Gasteiger charge is 2.28. The molecule has 1 aromatic rings. The normalized spacial score (nSPS) is 13.5. The number of alkyl halides is 3. The maximum absolute atomic E-state index is 12.0. The maximum atomic E-state index is 12.0. The first-order valence-electron chi connectivity index (χ1n) is 5.00. The molecule has 1 aromatic carbocycles. The van der Waals surface area contributed by atoms with E-state index in [-0.39, 0.29) is 11.8 Å². The molecule has 0 fully saturated rings. The minimum Gasteiger partial charge on any atom is -0.483 e. The van der Waals surface area contributed by atoms with Crippen molar-refractivity contribution >= 4 is 15.9 Å². The molecule has 0 bridgehead atoms. The molecule has 96 valence electrons. The van der Waals surface area contributed by atoms with Crippen LogP contribution >= 0.6 is 15.9 Å². The molecule has 1 N–H and O–H groups in total. The SMILES string of the molecule is CNC(C)c1ccc(OCC(F)(F)F)c(Br)c1. The number of hydrogen-bond acceptors (Lipinski definition) is 2. The number of rotatable bonds is 4. The monoisotopic (exact) mass is 311 g/mol. The van der Waals surface area contributed by atoms with Crippen LogP contribution in [0.1, 0.15) is 18.5 Å². The van der Waals surface area contributed by atoms with Crippen LogP contribution in [0.4, 0.5) is 13.2 Å². The Hall–Kier alpha value is -0.750. The molecular weight excluding hydrogens is 299 g/mol. The third-order valence-corrected chi connectivity index (χ3v) is 2.90. The minimum absolute atomic E-state index is 0.128. The minimum atomic E-state index is -4.32. The van der Waals surface area contributed by atoms with E-state index in [1.54, 1.807) is 12.1 Å². The predicted molar refractivity (Wildman–Crippen MR) is 63.2 cm³/mol. The summed E-state index contributed by atoms with van der Waals surface area (Å²) in [7, 11) is 1.81. The molecular formula is C11H13BrF3NO. The largest absolute Gasteiger partial charge is 0.483 e. The zero-order chi connectivity index (χ0) is 13.1. The summed E-state index contributed by atoms with van der Waals surface area (Å²) in [6.07, 6.45) is -4.32. The quantitative estimate of drug-likeness (QED) is 0.916. The van der Waals surface area contributed by atoms with Crippen molar-refractivity contribution in [2.24, 2.45) is 0 Å². The highest BCUT2D eigenvalue weighted by molar-refractivity contribution is 9.10. The van der Waals surface area contributed by atoms with Gasteiger partial charge in [0, 0.05) is 6.04 Å². The van der Waals surface area contributed by atoms with Gasteiger partial charge in [0.25, 0.3) is 0 Å². The van der Waals surface area contributed by atoms with E-state index in [4.69, 9.17) is 0 Å². The summed E-state index contributed by atoms with van der Waals surface area (Å²) in [4.78, 5) is 0. The van der Waals surface area contributed by atoms with Gasteiger partial charge in [-0.15, -0.1) is 0 Å². The lowest BCUT2D eigenvalue weighted by molar-refractivity contribution is -0.153. The van der Waals surface area contributed by atoms with Gasteiger partial charge >= 0.3 is 6.18 Å². The lowest BCUT2D eigenvalue weighted by Crippen LogP contribution is -2.19. The third-order valence-electron chi connectivity index (χ3n) is 2.28. The van der Waals surface area contributed by atoms with E-state index in [1.807, 2.05) is 14.0 Å². The van der Waals surface area contributed by atoms with Gasteiger partial charge in [-0.25, -0.2) is 0 Å². The molecule has 0 radical (unpaired) electrons. The van der Waals surface area contributed by atoms with Crippen molar-refractivity contribution in [2.75, 3.05) is 13.7 Å². The van der Waals surface area contributed by atoms with Crippen LogP contribution in [0.25, 0.3) is 0 Å². The first kappa shape index (κ1) is 14.3. The molecule has 17 heavy (non-hydrogen) atoms. The molecule has 0 saturated carbocycles. The summed E-state index contributed by atoms with van der Waals surface area (Å²) in [5.41, 5.74) is 0.971. The summed E-state index contributed by atoms with van der Waals surface area (Å²) < 4.78 is 41.1. The van der Waals surface area contributed by atoms with E-state index in [2.05, 4.69) is 26.0 Å². The second kappa shape index (κ2) is 5.73. The van der Waals surface area contributed by atoms with Crippen molar-refractivity contribution < 1.29 is 17.9 Å². The van der Waals surface area contributed by atoms with Crippen molar-refractivity contribution in [3.63, 3.8) is 0 Å². The molecule has 0 aliphatic carbocycles. The molecule has 0 spiro atoms. The first-order valence-corrected chi connectivity index (χ1v) is 5.79. The molecule has 0 aromatic heterocycles. The smallest absolute Gasteiger partial charge is 0.422 e. The molecule has 0 heterocycles. The van der Waals surface area contributed by atoms with Crippen molar-refractivity contribution in [1.82, 2.24) is 5.32 Å². The Kier molecular flexibility index (Phi) is 4.82. The molecule has 0 aliphatic rings. The fraction of sp³-hybridized carbons (Fsp3) is 0.455. The van der Waals surface area contributed by atoms with Gasteiger partial charge < -0.3 is 10.1 Å². The lowest BCUT2D eigenvalue weighted by atomic mass is 10.1. The van der Waals surface area contributed by atoms with E-state index in [1.165, 1.54) is 6.07 Å². The molecule has 1 atom stereocenters. The maximum Gasteiger partial charge on any atom is 0.422 e. The fourth-order valence-electron chi connectivity index (χ4n) is 1.23. The van der Waals surface area contributed by atoms with Gasteiger partial charge in [0.2, 0.25) is 0 Å². The van der Waals surface area contributed by atoms with Crippen molar-refractivity contribution in [1.29, 1.82) is 0 Å². The summed E-state index contributed by atoms with van der Waals surface area (Å²) in [5.74, 6) is 0.189. The summed E-state index contributed by atoms with van der Waals surface area (Å²) in [6.45, 7) is 0.671. The van der Waals surface area contributed by atoms with Gasteiger partial charge in [-0.3, -0.25) is 0 Å². The molecule has 6 heteroatoms. The number of benzene rings is 1. The second-order valence-electron chi connectivity index (χ2n) is 3.60. The van der Waals surface area contributed by atoms with Crippen LogP contribution in [0.5, 0.6) is 5.75 Å². The predicted octanol–water partition coefficient (Wildman–Crippen LogP) is 3.67. The number of nitrogens with one attached hydrogen (secondary N) is 1. The summed E-state index contributed by atoms with van der Waals surface area (Å²) >= 11 is 3.19. The topological polar surface area (TPSA) is 21.3 Å². The Morgan fingerprint density at radius 3 is 2.53 bits per heavy atom. The van der Waals surface area contributed by atoms with Gasteiger partial charge in [-0.05, 0) is 47.6 Å². The number of halogens is 4. The molecule has 1 rings (SSSR count). The molecule has 0 amide bonds. The standard InChI is InChI=1S/C11H13BrF3NO/c1-7(16-2)8-3-4-10(9(12)5-8)17-6-11(13,14)15/h3-5,7,16H,6H2,1-2H3. The van der Waals surface area contributed by atoms with Gasteiger partial charge in [0.15, 0.2) is 6.61 Å². The molecule has 0 saturated heterocycles. The van der Waals surface area contributed by atoms with Crippen LogP contribution < -0.4 is 10.1 Å². The van der Waals surface area contributed by atoms with Crippen molar-refractivity contribution in [2.45, 2.75) is 19.1 Å². The van der Waals surface area contributed by atoms with E-state index in [0.29, 0.717) is 4.47 Å². The van der Waals surface area contributed by atoms with Gasteiger partial charge in [0.05, 0.1) is 4.47 Å². The first-order chi connectivity index (χ1) is 7.83. The molecule has 2 nitrogen and oxygen atoms in total. The lowest BCUT2D eigenvalue weighted by Gasteiger charge is -2.14. The van der Waals surface area contributed by atoms with E-state index in [0.717, 1.165) is 5.56 Å². The average Bonchev–Trinajstić information content (AvgIpc) is 2.25. The second-order valence-corrected chi connectivity index (χ2v) is 4.46. The fourth-order valence-corrected chi connectivity index (χ4v) is 1.74. The van der Waals surface area contributed by atoms with Crippen LogP contribution in [0.3, 0.4) is 0 Å². The van der Waals surface area contributed by atoms with Gasteiger partial charge in [-0.1, -0.05) is 6.07 Å². The zero-order valence-electron chi connectivity index (χ0n) is 9.44. The Morgan fingerprint density at radius 2 is 2.06 bits per heavy atom. The zero-order valence-corrected chi connectivity index (χ0v) is 11.0. The third kappa shape index (κ3) is 4.55.